The third-order valence-corrected chi connectivity index (χ3v) is 9.88. The SMILES string of the molecule is C=CCN(CCC)C(=O)[C@H]1[C@H]2C(=O)N(CCCCCCO)C(C(=O)N(CC=C)c3cc(C)ccc3C)C23CC[C@]1(CC)O3. The molecule has 3 aliphatic rings. The molecule has 8 heteroatoms. The summed E-state index contributed by atoms with van der Waals surface area (Å²) in [6, 6.07) is 5.20. The van der Waals surface area contributed by atoms with Gasteiger partial charge in [0.2, 0.25) is 11.8 Å². The average Bonchev–Trinajstić information content (AvgIpc) is 3.60. The molecule has 3 amide bonds. The molecular weight excluding hydrogens is 542 g/mol. The summed E-state index contributed by atoms with van der Waals surface area (Å²) in [4.78, 5) is 49.1. The van der Waals surface area contributed by atoms with E-state index in [0.717, 1.165) is 36.1 Å². The zero-order valence-corrected chi connectivity index (χ0v) is 26.6. The lowest BCUT2D eigenvalue weighted by atomic mass is 9.64. The Morgan fingerprint density at radius 2 is 1.79 bits per heavy atom. The van der Waals surface area contributed by atoms with Crippen molar-refractivity contribution in [1.82, 2.24) is 9.80 Å². The van der Waals surface area contributed by atoms with E-state index in [9.17, 15) is 19.5 Å². The Kier molecular flexibility index (Phi) is 10.5. The Morgan fingerprint density at radius 1 is 1.07 bits per heavy atom. The van der Waals surface area contributed by atoms with Crippen molar-refractivity contribution in [3.63, 3.8) is 0 Å². The number of aryl methyl sites for hydroxylation is 2. The van der Waals surface area contributed by atoms with Crippen LogP contribution in [0.15, 0.2) is 43.5 Å². The van der Waals surface area contributed by atoms with Gasteiger partial charge in [-0.15, -0.1) is 13.2 Å². The van der Waals surface area contributed by atoms with Crippen molar-refractivity contribution in [2.45, 2.75) is 96.3 Å². The minimum absolute atomic E-state index is 0.0722. The van der Waals surface area contributed by atoms with Crippen molar-refractivity contribution in [3.05, 3.63) is 54.6 Å². The fourth-order valence-corrected chi connectivity index (χ4v) is 7.87. The average molecular weight is 594 g/mol. The van der Waals surface area contributed by atoms with Gasteiger partial charge < -0.3 is 24.5 Å². The monoisotopic (exact) mass is 593 g/mol. The van der Waals surface area contributed by atoms with E-state index >= 15 is 0 Å². The van der Waals surface area contributed by atoms with Gasteiger partial charge in [0.05, 0.1) is 17.4 Å². The zero-order valence-electron chi connectivity index (χ0n) is 26.6. The second-order valence-corrected chi connectivity index (χ2v) is 12.6. The van der Waals surface area contributed by atoms with Crippen LogP contribution in [0.25, 0.3) is 0 Å². The van der Waals surface area contributed by atoms with Gasteiger partial charge in [0.1, 0.15) is 11.6 Å². The number of aliphatic hydroxyl groups excluding tert-OH is 1. The summed E-state index contributed by atoms with van der Waals surface area (Å²) in [6.07, 6.45) is 9.13. The maximum absolute atomic E-state index is 14.9. The van der Waals surface area contributed by atoms with Gasteiger partial charge in [-0.05, 0) is 69.6 Å². The molecule has 3 aliphatic heterocycles. The first kappa shape index (κ1) is 32.9. The summed E-state index contributed by atoms with van der Waals surface area (Å²) >= 11 is 0. The molecule has 2 unspecified atom stereocenters. The first-order valence-corrected chi connectivity index (χ1v) is 16.2. The van der Waals surface area contributed by atoms with Crippen LogP contribution in [0.5, 0.6) is 0 Å². The molecule has 236 valence electrons. The first-order valence-electron chi connectivity index (χ1n) is 16.2. The normalized spacial score (nSPS) is 27.3. The molecule has 3 saturated heterocycles. The maximum atomic E-state index is 14.9. The summed E-state index contributed by atoms with van der Waals surface area (Å²) in [5, 5.41) is 9.24. The molecule has 3 heterocycles. The molecular formula is C35H51N3O5. The highest BCUT2D eigenvalue weighted by atomic mass is 16.5. The molecule has 2 bridgehead atoms. The van der Waals surface area contributed by atoms with E-state index in [1.165, 1.54) is 0 Å². The van der Waals surface area contributed by atoms with E-state index in [-0.39, 0.29) is 24.3 Å². The molecule has 3 fully saturated rings. The molecule has 4 rings (SSSR count). The predicted molar refractivity (Wildman–Crippen MR) is 170 cm³/mol. The van der Waals surface area contributed by atoms with Gasteiger partial charge in [0.25, 0.3) is 5.91 Å². The lowest BCUT2D eigenvalue weighted by molar-refractivity contribution is -0.151. The number of ether oxygens (including phenoxy) is 1. The summed E-state index contributed by atoms with van der Waals surface area (Å²) in [7, 11) is 0. The lowest BCUT2D eigenvalue weighted by Crippen LogP contribution is -2.56. The van der Waals surface area contributed by atoms with Crippen molar-refractivity contribution in [2.24, 2.45) is 11.8 Å². The summed E-state index contributed by atoms with van der Waals surface area (Å²) in [5.41, 5.74) is 0.945. The number of likely N-dealkylation sites (tertiary alicyclic amines) is 1. The maximum Gasteiger partial charge on any atom is 0.253 e. The Balaban J connectivity index is 1.80. The fraction of sp³-hybridized carbons (Fsp3) is 0.629. The van der Waals surface area contributed by atoms with Crippen LogP contribution in [0.1, 0.15) is 76.3 Å². The van der Waals surface area contributed by atoms with E-state index < -0.39 is 29.1 Å². The molecule has 1 aromatic rings. The van der Waals surface area contributed by atoms with Gasteiger partial charge in [0.15, 0.2) is 0 Å². The van der Waals surface area contributed by atoms with Gasteiger partial charge in [-0.1, -0.05) is 51.0 Å². The number of amides is 3. The van der Waals surface area contributed by atoms with E-state index in [4.69, 9.17) is 4.74 Å². The highest BCUT2D eigenvalue weighted by Crippen LogP contribution is 2.64. The van der Waals surface area contributed by atoms with E-state index in [1.54, 1.807) is 26.9 Å². The van der Waals surface area contributed by atoms with Crippen LogP contribution in [-0.2, 0) is 19.1 Å². The highest BCUT2D eigenvalue weighted by molar-refractivity contribution is 6.05. The number of carbonyl (C=O) groups is 3. The lowest BCUT2D eigenvalue weighted by Gasteiger charge is -2.37. The third-order valence-electron chi connectivity index (χ3n) is 9.88. The molecule has 0 saturated carbocycles. The van der Waals surface area contributed by atoms with Gasteiger partial charge in [-0.2, -0.15) is 0 Å². The van der Waals surface area contributed by atoms with Crippen LogP contribution >= 0.6 is 0 Å². The van der Waals surface area contributed by atoms with Gasteiger partial charge in [-0.25, -0.2) is 0 Å². The predicted octanol–water partition coefficient (Wildman–Crippen LogP) is 4.95. The largest absolute Gasteiger partial charge is 0.396 e. The standard InChI is InChI=1S/C35H51N3O5/c1-7-19-36(20-8-2)31(40)28-29-32(41)38(22-13-11-12-14-23-39)30(35(29)18-17-34(28,10-4)43-35)33(42)37(21-9-3)27-24-25(5)15-16-26(27)6/h7,9,15-16,24,28-30,39H,1,3,8,10-14,17-23H2,2,4-6H3/t28-,29+,30?,34+,35?/m1/s1. The Morgan fingerprint density at radius 3 is 2.44 bits per heavy atom. The number of aliphatic hydroxyl groups is 1. The minimum atomic E-state index is -1.07. The number of fused-ring (bicyclic) bond motifs is 1. The Labute approximate surface area is 257 Å². The Bertz CT molecular complexity index is 1220. The number of nitrogens with zero attached hydrogens (tertiary/aromatic N) is 3. The number of anilines is 1. The summed E-state index contributed by atoms with van der Waals surface area (Å²) < 4.78 is 7.02. The van der Waals surface area contributed by atoms with Crippen LogP contribution in [0.2, 0.25) is 0 Å². The van der Waals surface area contributed by atoms with E-state index in [0.29, 0.717) is 58.3 Å². The number of rotatable bonds is 16. The van der Waals surface area contributed by atoms with Crippen LogP contribution in [0.4, 0.5) is 5.69 Å². The Hall–Kier alpha value is -2.97. The molecule has 8 nitrogen and oxygen atoms in total. The third kappa shape index (κ3) is 5.80. The molecule has 5 atom stereocenters. The molecule has 0 aromatic heterocycles. The fourth-order valence-electron chi connectivity index (χ4n) is 7.87. The second-order valence-electron chi connectivity index (χ2n) is 12.6. The van der Waals surface area contributed by atoms with Gasteiger partial charge in [-0.3, -0.25) is 14.4 Å². The summed E-state index contributed by atoms with van der Waals surface area (Å²) in [5.74, 6) is -1.77. The number of unbranched alkanes of at least 4 members (excludes halogenated alkanes) is 3. The van der Waals surface area contributed by atoms with Crippen LogP contribution in [-0.4, -0.2) is 82.7 Å². The quantitative estimate of drug-likeness (QED) is 0.216. The van der Waals surface area contributed by atoms with Crippen LogP contribution in [0.3, 0.4) is 0 Å². The smallest absolute Gasteiger partial charge is 0.253 e. The van der Waals surface area contributed by atoms with Crippen molar-refractivity contribution < 1.29 is 24.2 Å². The zero-order chi connectivity index (χ0) is 31.4. The van der Waals surface area contributed by atoms with Crippen molar-refractivity contribution in [2.75, 3.05) is 37.7 Å². The van der Waals surface area contributed by atoms with Crippen molar-refractivity contribution >= 4 is 23.4 Å². The molecule has 1 aromatic carbocycles. The van der Waals surface area contributed by atoms with Crippen LogP contribution < -0.4 is 4.90 Å². The molecule has 0 radical (unpaired) electrons. The molecule has 0 aliphatic carbocycles. The highest BCUT2D eigenvalue weighted by Gasteiger charge is 2.79. The second kappa shape index (κ2) is 13.8. The number of carbonyl (C=O) groups excluding carboxylic acids is 3. The van der Waals surface area contributed by atoms with Gasteiger partial charge in [0, 0.05) is 38.5 Å². The van der Waals surface area contributed by atoms with Crippen molar-refractivity contribution in [1.29, 1.82) is 0 Å². The molecule has 1 N–H and O–H groups in total. The van der Waals surface area contributed by atoms with E-state index in [2.05, 4.69) is 13.2 Å². The number of hydrogen-bond acceptors (Lipinski definition) is 5. The van der Waals surface area contributed by atoms with E-state index in [1.807, 2.05) is 45.9 Å². The topological polar surface area (TPSA) is 90.4 Å². The number of hydrogen-bond donors (Lipinski definition) is 1. The number of benzene rings is 1. The molecule has 1 spiro atoms. The first-order chi connectivity index (χ1) is 20.7. The van der Waals surface area contributed by atoms with Crippen molar-refractivity contribution in [3.8, 4) is 0 Å². The van der Waals surface area contributed by atoms with Gasteiger partial charge >= 0.3 is 0 Å². The minimum Gasteiger partial charge on any atom is -0.396 e. The van der Waals surface area contributed by atoms with Crippen LogP contribution in [0, 0.1) is 25.7 Å². The molecule has 43 heavy (non-hydrogen) atoms. The summed E-state index contributed by atoms with van der Waals surface area (Å²) in [6.45, 7) is 17.7.